The van der Waals surface area contributed by atoms with Crippen LogP contribution in [0.4, 0.5) is 0 Å². The van der Waals surface area contributed by atoms with Crippen LogP contribution in [0.1, 0.15) is 6.42 Å². The van der Waals surface area contributed by atoms with E-state index in [2.05, 4.69) is 0 Å². The highest BCUT2D eigenvalue weighted by Gasteiger charge is 2.43. The lowest BCUT2D eigenvalue weighted by Crippen LogP contribution is -2.34. The molecule has 1 fully saturated rings. The minimum Gasteiger partial charge on any atom is -0.480 e. The molecule has 0 spiro atoms. The Kier molecular flexibility index (Phi) is 3.09. The van der Waals surface area contributed by atoms with Gasteiger partial charge in [-0.3, -0.25) is 4.79 Å². The van der Waals surface area contributed by atoms with Crippen LogP contribution in [0.5, 0.6) is 0 Å². The van der Waals surface area contributed by atoms with Gasteiger partial charge in [0.1, 0.15) is 4.75 Å². The number of rotatable bonds is 3. The summed E-state index contributed by atoms with van der Waals surface area (Å²) in [7, 11) is 0. The standard InChI is InChI=1S/C9H10O2S3/c10-8(11)9(3-5-12-6-9)14-7-2-1-4-13-7/h1-2,4H,3,5-6H2,(H,10,11). The second-order valence-corrected chi connectivity index (χ2v) is 6.87. The van der Waals surface area contributed by atoms with Gasteiger partial charge in [0.05, 0.1) is 4.21 Å². The average molecular weight is 246 g/mol. The van der Waals surface area contributed by atoms with Crippen LogP contribution >= 0.6 is 34.9 Å². The number of aliphatic carboxylic acids is 1. The molecule has 2 rings (SSSR count). The first-order valence-electron chi connectivity index (χ1n) is 4.27. The smallest absolute Gasteiger partial charge is 0.321 e. The van der Waals surface area contributed by atoms with E-state index in [1.165, 1.54) is 11.8 Å². The van der Waals surface area contributed by atoms with Crippen LogP contribution in [-0.2, 0) is 4.79 Å². The number of thiophene rings is 1. The largest absolute Gasteiger partial charge is 0.480 e. The van der Waals surface area contributed by atoms with Crippen LogP contribution < -0.4 is 0 Å². The van der Waals surface area contributed by atoms with E-state index in [0.29, 0.717) is 0 Å². The monoisotopic (exact) mass is 246 g/mol. The third-order valence-electron chi connectivity index (χ3n) is 2.17. The SMILES string of the molecule is O=C(O)C1(Sc2cccs2)CCSC1. The van der Waals surface area contributed by atoms with Crippen molar-refractivity contribution in [3.05, 3.63) is 17.5 Å². The van der Waals surface area contributed by atoms with Gasteiger partial charge in [0, 0.05) is 5.75 Å². The second kappa shape index (κ2) is 4.16. The molecule has 0 aromatic carbocycles. The number of carbonyl (C=O) groups is 1. The van der Waals surface area contributed by atoms with Crippen LogP contribution in [-0.4, -0.2) is 27.3 Å². The summed E-state index contributed by atoms with van der Waals surface area (Å²) in [4.78, 5) is 11.2. The summed E-state index contributed by atoms with van der Waals surface area (Å²) in [6.07, 6.45) is 0.773. The van der Waals surface area contributed by atoms with Crippen LogP contribution in [0.2, 0.25) is 0 Å². The van der Waals surface area contributed by atoms with Gasteiger partial charge in [-0.05, 0) is 23.6 Å². The van der Waals surface area contributed by atoms with Gasteiger partial charge in [-0.2, -0.15) is 11.8 Å². The lowest BCUT2D eigenvalue weighted by Gasteiger charge is -2.20. The first kappa shape index (κ1) is 10.4. The fourth-order valence-corrected chi connectivity index (χ4v) is 5.31. The van der Waals surface area contributed by atoms with Crippen LogP contribution in [0.25, 0.3) is 0 Å². The Morgan fingerprint density at radius 1 is 1.64 bits per heavy atom. The molecule has 2 heterocycles. The number of hydrogen-bond donors (Lipinski definition) is 1. The normalized spacial score (nSPS) is 26.6. The number of hydrogen-bond acceptors (Lipinski definition) is 4. The Hall–Kier alpha value is -0.130. The molecule has 1 aliphatic rings. The maximum atomic E-state index is 11.2. The van der Waals surface area contributed by atoms with Crippen LogP contribution in [0, 0.1) is 0 Å². The molecule has 1 saturated heterocycles. The minimum atomic E-state index is -0.666. The zero-order valence-corrected chi connectivity index (χ0v) is 9.88. The molecular weight excluding hydrogens is 236 g/mol. The summed E-state index contributed by atoms with van der Waals surface area (Å²) < 4.78 is 0.533. The van der Waals surface area contributed by atoms with Crippen molar-refractivity contribution in [2.24, 2.45) is 0 Å². The summed E-state index contributed by atoms with van der Waals surface area (Å²) in [5.41, 5.74) is 0. The first-order chi connectivity index (χ1) is 6.73. The summed E-state index contributed by atoms with van der Waals surface area (Å²) in [5, 5.41) is 11.2. The molecule has 1 aliphatic heterocycles. The van der Waals surface area contributed by atoms with Crippen molar-refractivity contribution in [3.8, 4) is 0 Å². The number of carboxylic acids is 1. The lowest BCUT2D eigenvalue weighted by molar-refractivity contribution is -0.139. The van der Waals surface area contributed by atoms with Gasteiger partial charge < -0.3 is 5.11 Å². The van der Waals surface area contributed by atoms with Gasteiger partial charge in [-0.25, -0.2) is 0 Å². The Labute approximate surface area is 95.1 Å². The van der Waals surface area contributed by atoms with Gasteiger partial charge in [0.2, 0.25) is 0 Å². The van der Waals surface area contributed by atoms with Gasteiger partial charge in [0.15, 0.2) is 0 Å². The third kappa shape index (κ3) is 1.94. The maximum Gasteiger partial charge on any atom is 0.321 e. The van der Waals surface area contributed by atoms with Crippen molar-refractivity contribution in [2.45, 2.75) is 15.4 Å². The first-order valence-corrected chi connectivity index (χ1v) is 7.12. The number of thioether (sulfide) groups is 2. The molecule has 0 aliphatic carbocycles. The van der Waals surface area contributed by atoms with E-state index in [9.17, 15) is 9.90 Å². The lowest BCUT2D eigenvalue weighted by atomic mass is 10.1. The van der Waals surface area contributed by atoms with Crippen molar-refractivity contribution in [3.63, 3.8) is 0 Å². The molecule has 5 heteroatoms. The van der Waals surface area contributed by atoms with Gasteiger partial charge in [-0.1, -0.05) is 17.8 Å². The van der Waals surface area contributed by atoms with Gasteiger partial charge >= 0.3 is 5.97 Å². The average Bonchev–Trinajstić information content (AvgIpc) is 2.76. The highest BCUT2D eigenvalue weighted by Crippen LogP contribution is 2.45. The highest BCUT2D eigenvalue weighted by atomic mass is 32.2. The van der Waals surface area contributed by atoms with Crippen LogP contribution in [0.3, 0.4) is 0 Å². The molecule has 0 bridgehead atoms. The van der Waals surface area contributed by atoms with E-state index in [1.807, 2.05) is 17.5 Å². The predicted octanol–water partition coefficient (Wildman–Crippen LogP) is 2.80. The fourth-order valence-electron chi connectivity index (χ4n) is 1.35. The van der Waals surface area contributed by atoms with Crippen molar-refractivity contribution >= 4 is 40.8 Å². The van der Waals surface area contributed by atoms with E-state index in [-0.39, 0.29) is 0 Å². The Morgan fingerprint density at radius 2 is 2.50 bits per heavy atom. The van der Waals surface area contributed by atoms with Crippen molar-refractivity contribution in [2.75, 3.05) is 11.5 Å². The fraction of sp³-hybridized carbons (Fsp3) is 0.444. The molecule has 0 saturated carbocycles. The molecule has 1 atom stereocenters. The molecule has 2 nitrogen and oxygen atoms in total. The zero-order valence-electron chi connectivity index (χ0n) is 7.43. The molecule has 76 valence electrons. The van der Waals surface area contributed by atoms with Crippen molar-refractivity contribution in [1.29, 1.82) is 0 Å². The van der Waals surface area contributed by atoms with Crippen molar-refractivity contribution in [1.82, 2.24) is 0 Å². The Bertz CT molecular complexity index is 315. The summed E-state index contributed by atoms with van der Waals surface area (Å²) >= 11 is 4.86. The predicted molar refractivity (Wildman–Crippen MR) is 62.5 cm³/mol. The molecular formula is C9H10O2S3. The summed E-state index contributed by atoms with van der Waals surface area (Å²) in [5.74, 6) is 1.02. The van der Waals surface area contributed by atoms with E-state index >= 15 is 0 Å². The van der Waals surface area contributed by atoms with E-state index < -0.39 is 10.7 Å². The molecule has 0 radical (unpaired) electrons. The van der Waals surface area contributed by atoms with Crippen LogP contribution in [0.15, 0.2) is 21.7 Å². The van der Waals surface area contributed by atoms with Gasteiger partial charge in [-0.15, -0.1) is 11.3 Å². The minimum absolute atomic E-state index is 0.574. The zero-order chi connectivity index (χ0) is 10.0. The highest BCUT2D eigenvalue weighted by molar-refractivity contribution is 8.06. The van der Waals surface area contributed by atoms with Crippen molar-refractivity contribution < 1.29 is 9.90 Å². The molecule has 14 heavy (non-hydrogen) atoms. The Morgan fingerprint density at radius 3 is 3.00 bits per heavy atom. The third-order valence-corrected chi connectivity index (χ3v) is 5.99. The summed E-state index contributed by atoms with van der Waals surface area (Å²) in [6.45, 7) is 0. The number of carboxylic acid groups (broad SMARTS) is 1. The Balaban J connectivity index is 2.16. The quantitative estimate of drug-likeness (QED) is 0.890. The molecule has 1 N–H and O–H groups in total. The van der Waals surface area contributed by atoms with E-state index in [1.54, 1.807) is 23.1 Å². The molecule has 1 unspecified atom stereocenters. The molecule has 1 aromatic heterocycles. The summed E-state index contributed by atoms with van der Waals surface area (Å²) in [6, 6.07) is 3.95. The topological polar surface area (TPSA) is 37.3 Å². The molecule has 0 amide bonds. The van der Waals surface area contributed by atoms with Gasteiger partial charge in [0.25, 0.3) is 0 Å². The second-order valence-electron chi connectivity index (χ2n) is 3.14. The van der Waals surface area contributed by atoms with E-state index in [4.69, 9.17) is 0 Å². The van der Waals surface area contributed by atoms with E-state index in [0.717, 1.165) is 22.1 Å². The maximum absolute atomic E-state index is 11.2. The molecule has 1 aromatic rings.